The van der Waals surface area contributed by atoms with Crippen LogP contribution >= 0.6 is 27.5 Å². The predicted octanol–water partition coefficient (Wildman–Crippen LogP) is 6.11. The van der Waals surface area contributed by atoms with Gasteiger partial charge in [-0.2, -0.15) is 0 Å². The minimum Gasteiger partial charge on any atom is -0.207 e. The van der Waals surface area contributed by atoms with Gasteiger partial charge in [-0.15, -0.1) is 11.6 Å². The SMILES string of the molecule is CC(C)Cc1ccc(C(Cl)c2c(F)cccc2Br)cc1. The molecule has 0 heterocycles. The van der Waals surface area contributed by atoms with Crippen LogP contribution in [0.3, 0.4) is 0 Å². The van der Waals surface area contributed by atoms with Gasteiger partial charge in [0.05, 0.1) is 5.38 Å². The Morgan fingerprint density at radius 3 is 2.30 bits per heavy atom. The quantitative estimate of drug-likeness (QED) is 0.580. The molecule has 2 aromatic carbocycles. The van der Waals surface area contributed by atoms with Crippen molar-refractivity contribution in [1.29, 1.82) is 0 Å². The Kier molecular flexibility index (Phi) is 5.22. The average molecular weight is 356 g/mol. The molecule has 0 aliphatic carbocycles. The normalized spacial score (nSPS) is 12.7. The summed E-state index contributed by atoms with van der Waals surface area (Å²) in [5.41, 5.74) is 2.68. The fourth-order valence-corrected chi connectivity index (χ4v) is 3.28. The van der Waals surface area contributed by atoms with Crippen molar-refractivity contribution < 1.29 is 4.39 Å². The molecule has 0 bridgehead atoms. The first-order valence-corrected chi connectivity index (χ1v) is 7.88. The third-order valence-corrected chi connectivity index (χ3v) is 4.33. The predicted molar refractivity (Wildman–Crippen MR) is 86.8 cm³/mol. The van der Waals surface area contributed by atoms with Crippen LogP contribution in [0.15, 0.2) is 46.9 Å². The average Bonchev–Trinajstić information content (AvgIpc) is 2.38. The lowest BCUT2D eigenvalue weighted by Crippen LogP contribution is -1.99. The van der Waals surface area contributed by atoms with Crippen LogP contribution in [0.5, 0.6) is 0 Å². The number of halogens is 3. The van der Waals surface area contributed by atoms with Crippen molar-refractivity contribution in [1.82, 2.24) is 0 Å². The molecule has 0 spiro atoms. The number of rotatable bonds is 4. The first-order valence-electron chi connectivity index (χ1n) is 6.66. The maximum Gasteiger partial charge on any atom is 0.129 e. The van der Waals surface area contributed by atoms with Crippen molar-refractivity contribution >= 4 is 27.5 Å². The fraction of sp³-hybridized carbons (Fsp3) is 0.294. The summed E-state index contributed by atoms with van der Waals surface area (Å²) in [6.07, 6.45) is 1.04. The van der Waals surface area contributed by atoms with Crippen LogP contribution in [-0.2, 0) is 6.42 Å². The molecule has 106 valence electrons. The van der Waals surface area contributed by atoms with Gasteiger partial charge in [0.25, 0.3) is 0 Å². The van der Waals surface area contributed by atoms with Crippen molar-refractivity contribution in [3.8, 4) is 0 Å². The minimum absolute atomic E-state index is 0.286. The van der Waals surface area contributed by atoms with E-state index in [-0.39, 0.29) is 5.82 Å². The van der Waals surface area contributed by atoms with Gasteiger partial charge < -0.3 is 0 Å². The molecule has 2 rings (SSSR count). The van der Waals surface area contributed by atoms with Crippen molar-refractivity contribution in [2.45, 2.75) is 25.6 Å². The summed E-state index contributed by atoms with van der Waals surface area (Å²) in [4.78, 5) is 0. The monoisotopic (exact) mass is 354 g/mol. The lowest BCUT2D eigenvalue weighted by molar-refractivity contribution is 0.611. The summed E-state index contributed by atoms with van der Waals surface area (Å²) in [6.45, 7) is 4.38. The molecule has 0 saturated heterocycles. The van der Waals surface area contributed by atoms with Crippen molar-refractivity contribution in [3.05, 3.63) is 69.4 Å². The van der Waals surface area contributed by atoms with E-state index in [2.05, 4.69) is 41.9 Å². The van der Waals surface area contributed by atoms with E-state index in [1.165, 1.54) is 11.6 Å². The Balaban J connectivity index is 2.27. The second-order valence-corrected chi connectivity index (χ2v) is 6.63. The molecule has 0 aromatic heterocycles. The van der Waals surface area contributed by atoms with Crippen LogP contribution < -0.4 is 0 Å². The summed E-state index contributed by atoms with van der Waals surface area (Å²) in [6, 6.07) is 13.0. The Labute approximate surface area is 133 Å². The molecule has 0 fully saturated rings. The number of alkyl halides is 1. The number of hydrogen-bond acceptors (Lipinski definition) is 0. The van der Waals surface area contributed by atoms with E-state index in [1.807, 2.05) is 12.1 Å². The molecule has 2 aromatic rings. The summed E-state index contributed by atoms with van der Waals surface area (Å²) >= 11 is 9.80. The molecule has 3 heteroatoms. The van der Waals surface area contributed by atoms with Crippen LogP contribution in [0.25, 0.3) is 0 Å². The number of hydrogen-bond donors (Lipinski definition) is 0. The molecule has 0 amide bonds. The fourth-order valence-electron chi connectivity index (χ4n) is 2.21. The van der Waals surface area contributed by atoms with Gasteiger partial charge in [0.15, 0.2) is 0 Å². The smallest absolute Gasteiger partial charge is 0.129 e. The Morgan fingerprint density at radius 1 is 1.10 bits per heavy atom. The summed E-state index contributed by atoms with van der Waals surface area (Å²) in [5.74, 6) is 0.332. The Hall–Kier alpha value is -0.860. The highest BCUT2D eigenvalue weighted by atomic mass is 79.9. The van der Waals surface area contributed by atoms with Crippen molar-refractivity contribution in [3.63, 3.8) is 0 Å². The lowest BCUT2D eigenvalue weighted by atomic mass is 9.99. The summed E-state index contributed by atoms with van der Waals surface area (Å²) in [5, 5.41) is -0.487. The van der Waals surface area contributed by atoms with E-state index >= 15 is 0 Å². The molecular weight excluding hydrogens is 339 g/mol. The standard InChI is InChI=1S/C17H17BrClF/c1-11(2)10-12-6-8-13(9-7-12)17(19)16-14(18)4-3-5-15(16)20/h3-9,11,17H,10H2,1-2H3. The van der Waals surface area contributed by atoms with E-state index in [4.69, 9.17) is 11.6 Å². The van der Waals surface area contributed by atoms with Gasteiger partial charge >= 0.3 is 0 Å². The summed E-state index contributed by atoms with van der Waals surface area (Å²) in [7, 11) is 0. The molecule has 0 aliphatic heterocycles. The molecule has 0 aliphatic rings. The Morgan fingerprint density at radius 2 is 1.75 bits per heavy atom. The largest absolute Gasteiger partial charge is 0.207 e. The van der Waals surface area contributed by atoms with E-state index in [0.29, 0.717) is 16.0 Å². The van der Waals surface area contributed by atoms with Crippen LogP contribution in [0.1, 0.15) is 35.9 Å². The first kappa shape index (κ1) is 15.5. The zero-order chi connectivity index (χ0) is 14.7. The van der Waals surface area contributed by atoms with Gasteiger partial charge in [0.1, 0.15) is 5.82 Å². The molecule has 20 heavy (non-hydrogen) atoms. The van der Waals surface area contributed by atoms with E-state index in [0.717, 1.165) is 12.0 Å². The topological polar surface area (TPSA) is 0 Å². The maximum atomic E-state index is 13.9. The highest BCUT2D eigenvalue weighted by Gasteiger charge is 2.18. The highest BCUT2D eigenvalue weighted by molar-refractivity contribution is 9.10. The summed E-state index contributed by atoms with van der Waals surface area (Å²) < 4.78 is 14.6. The minimum atomic E-state index is -0.487. The van der Waals surface area contributed by atoms with Crippen LogP contribution in [0.4, 0.5) is 4.39 Å². The molecule has 0 nitrogen and oxygen atoms in total. The Bertz CT molecular complexity index is 558. The molecule has 0 saturated carbocycles. The molecular formula is C17H17BrClF. The second kappa shape index (κ2) is 6.73. The van der Waals surface area contributed by atoms with E-state index in [9.17, 15) is 4.39 Å². The van der Waals surface area contributed by atoms with Gasteiger partial charge in [-0.25, -0.2) is 4.39 Å². The van der Waals surface area contributed by atoms with Crippen LogP contribution in [0, 0.1) is 11.7 Å². The highest BCUT2D eigenvalue weighted by Crippen LogP contribution is 2.35. The first-order chi connectivity index (χ1) is 9.49. The molecule has 0 radical (unpaired) electrons. The van der Waals surface area contributed by atoms with Crippen molar-refractivity contribution in [2.75, 3.05) is 0 Å². The van der Waals surface area contributed by atoms with Gasteiger partial charge in [0.2, 0.25) is 0 Å². The van der Waals surface area contributed by atoms with Gasteiger partial charge in [0, 0.05) is 10.0 Å². The van der Waals surface area contributed by atoms with Gasteiger partial charge in [-0.1, -0.05) is 60.1 Å². The number of benzene rings is 2. The zero-order valence-electron chi connectivity index (χ0n) is 11.5. The molecule has 0 N–H and O–H groups in total. The van der Waals surface area contributed by atoms with E-state index < -0.39 is 5.38 Å². The van der Waals surface area contributed by atoms with Gasteiger partial charge in [-0.3, -0.25) is 0 Å². The van der Waals surface area contributed by atoms with Gasteiger partial charge in [-0.05, 0) is 35.6 Å². The molecule has 1 unspecified atom stereocenters. The third kappa shape index (κ3) is 3.62. The van der Waals surface area contributed by atoms with Crippen LogP contribution in [-0.4, -0.2) is 0 Å². The molecule has 1 atom stereocenters. The van der Waals surface area contributed by atoms with E-state index in [1.54, 1.807) is 12.1 Å². The zero-order valence-corrected chi connectivity index (χ0v) is 13.9. The maximum absolute atomic E-state index is 13.9. The third-order valence-electron chi connectivity index (χ3n) is 3.17. The van der Waals surface area contributed by atoms with Crippen molar-refractivity contribution in [2.24, 2.45) is 5.92 Å². The van der Waals surface area contributed by atoms with Crippen LogP contribution in [0.2, 0.25) is 0 Å². The second-order valence-electron chi connectivity index (χ2n) is 5.34. The lowest BCUT2D eigenvalue weighted by Gasteiger charge is -2.14.